The molecule has 0 aliphatic rings. The summed E-state index contributed by atoms with van der Waals surface area (Å²) in [6.45, 7) is 4.25. The Bertz CT molecular complexity index is 333. The van der Waals surface area contributed by atoms with Gasteiger partial charge in [0.25, 0.3) is 0 Å². The highest BCUT2D eigenvalue weighted by atomic mass is 16.2. The summed E-state index contributed by atoms with van der Waals surface area (Å²) in [6.07, 6.45) is 7.58. The van der Waals surface area contributed by atoms with E-state index in [-0.39, 0.29) is 6.61 Å². The molecule has 0 aliphatic carbocycles. The number of nitrogens with one attached hydrogen (secondary N) is 1. The van der Waals surface area contributed by atoms with E-state index in [4.69, 9.17) is 5.11 Å². The Morgan fingerprint density at radius 1 is 1.28 bits per heavy atom. The summed E-state index contributed by atoms with van der Waals surface area (Å²) in [4.78, 5) is 10.8. The Kier molecular flexibility index (Phi) is 7.10. The molecule has 0 aliphatic heterocycles. The van der Waals surface area contributed by atoms with Gasteiger partial charge in [0.15, 0.2) is 0 Å². The number of aliphatic hydroxyl groups excluding tert-OH is 1. The highest BCUT2D eigenvalue weighted by molar-refractivity contribution is 5.43. The summed E-state index contributed by atoms with van der Waals surface area (Å²) in [7, 11) is 2.02. The van der Waals surface area contributed by atoms with Gasteiger partial charge in [-0.1, -0.05) is 6.92 Å². The minimum atomic E-state index is 0.278. The minimum Gasteiger partial charge on any atom is -0.396 e. The van der Waals surface area contributed by atoms with Crippen LogP contribution in [0, 0.1) is 0 Å². The maximum Gasteiger partial charge on any atom is 0.149 e. The first-order valence-electron chi connectivity index (χ1n) is 6.65. The average Bonchev–Trinajstić information content (AvgIpc) is 2.41. The van der Waals surface area contributed by atoms with E-state index in [1.807, 2.05) is 7.05 Å². The van der Waals surface area contributed by atoms with E-state index >= 15 is 0 Å². The Morgan fingerprint density at radius 3 is 2.83 bits per heavy atom. The summed E-state index contributed by atoms with van der Waals surface area (Å²) in [5, 5.41) is 12.0. The first kappa shape index (κ1) is 14.7. The molecule has 1 aromatic heterocycles. The van der Waals surface area contributed by atoms with Crippen LogP contribution in [0.15, 0.2) is 12.4 Å². The third kappa shape index (κ3) is 5.31. The lowest BCUT2D eigenvalue weighted by atomic mass is 10.2. The summed E-state index contributed by atoms with van der Waals surface area (Å²) >= 11 is 0. The van der Waals surface area contributed by atoms with E-state index < -0.39 is 0 Å². The standard InChI is InChI=1S/C13H24N4O/c1-3-7-15-12-10-14-11-13(16-12)17(2)8-5-4-6-9-18/h10-11,18H,3-9H2,1-2H3,(H,15,16). The van der Waals surface area contributed by atoms with Crippen molar-refractivity contribution in [2.24, 2.45) is 0 Å². The molecule has 0 saturated carbocycles. The summed E-state index contributed by atoms with van der Waals surface area (Å²) in [5.74, 6) is 1.72. The van der Waals surface area contributed by atoms with Crippen molar-refractivity contribution < 1.29 is 5.11 Å². The van der Waals surface area contributed by atoms with Gasteiger partial charge in [-0.25, -0.2) is 4.98 Å². The first-order chi connectivity index (χ1) is 8.77. The maximum atomic E-state index is 8.72. The Hall–Kier alpha value is -1.36. The molecule has 5 nitrogen and oxygen atoms in total. The normalized spacial score (nSPS) is 10.4. The highest BCUT2D eigenvalue weighted by Crippen LogP contribution is 2.11. The van der Waals surface area contributed by atoms with Crippen LogP contribution in [0.3, 0.4) is 0 Å². The van der Waals surface area contributed by atoms with Crippen molar-refractivity contribution in [3.63, 3.8) is 0 Å². The predicted octanol–water partition coefficient (Wildman–Crippen LogP) is 1.90. The van der Waals surface area contributed by atoms with Gasteiger partial charge < -0.3 is 15.3 Å². The predicted molar refractivity (Wildman–Crippen MR) is 75.0 cm³/mol. The lowest BCUT2D eigenvalue weighted by Gasteiger charge is -2.18. The molecule has 0 bridgehead atoms. The van der Waals surface area contributed by atoms with Crippen LogP contribution in [0.4, 0.5) is 11.6 Å². The number of aliphatic hydroxyl groups is 1. The summed E-state index contributed by atoms with van der Waals surface area (Å²) in [5.41, 5.74) is 0. The second-order valence-corrected chi connectivity index (χ2v) is 4.40. The number of anilines is 2. The van der Waals surface area contributed by atoms with Crippen LogP contribution in [0.1, 0.15) is 32.6 Å². The SMILES string of the molecule is CCCNc1cncc(N(C)CCCCCO)n1. The number of rotatable bonds is 9. The quantitative estimate of drug-likeness (QED) is 0.657. The van der Waals surface area contributed by atoms with Crippen molar-refractivity contribution in [1.82, 2.24) is 9.97 Å². The van der Waals surface area contributed by atoms with Crippen LogP contribution in [0.2, 0.25) is 0 Å². The molecular weight excluding hydrogens is 228 g/mol. The molecule has 0 spiro atoms. The lowest BCUT2D eigenvalue weighted by Crippen LogP contribution is -2.20. The van der Waals surface area contributed by atoms with Crippen molar-refractivity contribution in [1.29, 1.82) is 0 Å². The number of hydrogen-bond acceptors (Lipinski definition) is 5. The first-order valence-corrected chi connectivity index (χ1v) is 6.65. The van der Waals surface area contributed by atoms with Gasteiger partial charge in [-0.2, -0.15) is 0 Å². The van der Waals surface area contributed by atoms with Gasteiger partial charge in [0, 0.05) is 26.7 Å². The van der Waals surface area contributed by atoms with Crippen LogP contribution in [0.25, 0.3) is 0 Å². The van der Waals surface area contributed by atoms with Crippen molar-refractivity contribution in [2.45, 2.75) is 32.6 Å². The lowest BCUT2D eigenvalue weighted by molar-refractivity contribution is 0.283. The van der Waals surface area contributed by atoms with E-state index in [2.05, 4.69) is 27.1 Å². The van der Waals surface area contributed by atoms with Gasteiger partial charge in [-0.3, -0.25) is 4.98 Å². The van der Waals surface area contributed by atoms with Crippen LogP contribution in [-0.4, -0.2) is 41.8 Å². The molecule has 0 saturated heterocycles. The number of unbranched alkanes of at least 4 members (excludes halogenated alkanes) is 2. The van der Waals surface area contributed by atoms with Gasteiger partial charge in [0.05, 0.1) is 12.4 Å². The average molecular weight is 252 g/mol. The van der Waals surface area contributed by atoms with Gasteiger partial charge in [-0.15, -0.1) is 0 Å². The molecule has 0 aromatic carbocycles. The molecule has 5 heteroatoms. The Morgan fingerprint density at radius 2 is 2.11 bits per heavy atom. The molecule has 0 radical (unpaired) electrons. The van der Waals surface area contributed by atoms with Gasteiger partial charge in [0.2, 0.25) is 0 Å². The second kappa shape index (κ2) is 8.69. The Labute approximate surface area is 109 Å². The molecule has 2 N–H and O–H groups in total. The molecule has 0 amide bonds. The largest absolute Gasteiger partial charge is 0.396 e. The van der Waals surface area contributed by atoms with Crippen LogP contribution in [-0.2, 0) is 0 Å². The second-order valence-electron chi connectivity index (χ2n) is 4.40. The molecule has 1 rings (SSSR count). The van der Waals surface area contributed by atoms with E-state index in [0.717, 1.165) is 50.4 Å². The Balaban J connectivity index is 2.43. The molecule has 102 valence electrons. The van der Waals surface area contributed by atoms with E-state index in [1.165, 1.54) is 0 Å². The van der Waals surface area contributed by atoms with Crippen molar-refractivity contribution in [3.8, 4) is 0 Å². The van der Waals surface area contributed by atoms with Gasteiger partial charge >= 0.3 is 0 Å². The fourth-order valence-electron chi connectivity index (χ4n) is 1.63. The van der Waals surface area contributed by atoms with Crippen molar-refractivity contribution in [3.05, 3.63) is 12.4 Å². The zero-order valence-electron chi connectivity index (χ0n) is 11.4. The topological polar surface area (TPSA) is 61.3 Å². The molecule has 0 fully saturated rings. The van der Waals surface area contributed by atoms with E-state index in [0.29, 0.717) is 0 Å². The third-order valence-corrected chi connectivity index (χ3v) is 2.72. The fraction of sp³-hybridized carbons (Fsp3) is 0.692. The zero-order valence-corrected chi connectivity index (χ0v) is 11.4. The fourth-order valence-corrected chi connectivity index (χ4v) is 1.63. The van der Waals surface area contributed by atoms with Gasteiger partial charge in [0.1, 0.15) is 11.6 Å². The molecular formula is C13H24N4O. The van der Waals surface area contributed by atoms with E-state index in [9.17, 15) is 0 Å². The van der Waals surface area contributed by atoms with Crippen LogP contribution >= 0.6 is 0 Å². The van der Waals surface area contributed by atoms with Crippen LogP contribution in [0.5, 0.6) is 0 Å². The van der Waals surface area contributed by atoms with Crippen molar-refractivity contribution in [2.75, 3.05) is 37.0 Å². The van der Waals surface area contributed by atoms with Crippen molar-refractivity contribution >= 4 is 11.6 Å². The smallest absolute Gasteiger partial charge is 0.149 e. The molecule has 0 unspecified atom stereocenters. The minimum absolute atomic E-state index is 0.278. The van der Waals surface area contributed by atoms with Crippen LogP contribution < -0.4 is 10.2 Å². The monoisotopic (exact) mass is 252 g/mol. The molecule has 18 heavy (non-hydrogen) atoms. The maximum absolute atomic E-state index is 8.72. The summed E-state index contributed by atoms with van der Waals surface area (Å²) in [6, 6.07) is 0. The third-order valence-electron chi connectivity index (χ3n) is 2.72. The highest BCUT2D eigenvalue weighted by Gasteiger charge is 2.03. The number of hydrogen-bond donors (Lipinski definition) is 2. The molecule has 1 aromatic rings. The van der Waals surface area contributed by atoms with E-state index in [1.54, 1.807) is 12.4 Å². The molecule has 0 atom stereocenters. The zero-order chi connectivity index (χ0) is 13.2. The summed E-state index contributed by atoms with van der Waals surface area (Å²) < 4.78 is 0. The van der Waals surface area contributed by atoms with Gasteiger partial charge in [-0.05, 0) is 25.7 Å². The molecule has 1 heterocycles. The number of aromatic nitrogens is 2. The number of nitrogens with zero attached hydrogens (tertiary/aromatic N) is 3.